The summed E-state index contributed by atoms with van der Waals surface area (Å²) in [5.41, 5.74) is 1.65. The lowest BCUT2D eigenvalue weighted by atomic mass is 9.98. The Balaban J connectivity index is 1.12. The smallest absolute Gasteiger partial charge is 0.494 e. The van der Waals surface area contributed by atoms with E-state index in [2.05, 4.69) is 39.7 Å². The van der Waals surface area contributed by atoms with E-state index in [1.807, 2.05) is 24.3 Å². The van der Waals surface area contributed by atoms with E-state index in [1.165, 1.54) is 42.5 Å². The van der Waals surface area contributed by atoms with Crippen LogP contribution in [0.5, 0.6) is 17.2 Å². The molecule has 8 rings (SSSR count). The van der Waals surface area contributed by atoms with Crippen LogP contribution in [0.1, 0.15) is 61.9 Å². The van der Waals surface area contributed by atoms with Crippen molar-refractivity contribution in [2.24, 2.45) is 5.92 Å². The Morgan fingerprint density at radius 2 is 1.42 bits per heavy atom. The fourth-order valence-corrected chi connectivity index (χ4v) is 13.3. The second kappa shape index (κ2) is 38.4. The van der Waals surface area contributed by atoms with Crippen molar-refractivity contribution in [3.8, 4) is 39.1 Å². The molecule has 107 heavy (non-hydrogen) atoms. The van der Waals surface area contributed by atoms with Crippen molar-refractivity contribution in [3.05, 3.63) is 109 Å². The standard InChI is InChI=1S/C68H89N11O26S2/c1-6-22-102-67(95)76(42(34-80)35-81)21-20-49(85)55-65(94)78-31-36(3)57(87)56(78)62(92)69-30-43(83)28-46(70-58(88)40-13-11-39(12-14-40)47-33-79-66(71-47)106-63(75-79)41-15-17-45(18-16-41)101-25-9-8-24-100-5)59(89)72-53(37(4)82)64(93)77-32-44(84)29-48(77)60(90)73-54(61(91)74-55)50(86)26-38-10-19-51(104-68(96)103-23-7-2)52(27-38)105-107(97,98)99/h6-7,10-19,27,33,36-37,42-44,46,48-50,53-57,80-87,97-99H,1-2,8-9,20-26,28-32,34-35H2,3-5H3,(H,69,92)(H,70,88)(H,72,89)(H,73,90)(H,74,91)/t36-,37+,43+,44+,46?,48-,49+,50+,53-,54-,55-,56-,57-/m0/s1. The second-order valence-corrected chi connectivity index (χ2v) is 27.6. The molecule has 5 aromatic rings. The highest BCUT2D eigenvalue weighted by Gasteiger charge is 2.50. The van der Waals surface area contributed by atoms with Crippen molar-refractivity contribution in [2.75, 3.05) is 72.9 Å². The molecule has 3 aliphatic rings. The lowest BCUT2D eigenvalue weighted by molar-refractivity contribution is -0.147. The summed E-state index contributed by atoms with van der Waals surface area (Å²) in [6.45, 7) is 5.49. The minimum Gasteiger partial charge on any atom is -0.494 e. The van der Waals surface area contributed by atoms with Crippen LogP contribution in [0, 0.1) is 5.92 Å². The number of methoxy groups -OCH3 is 1. The van der Waals surface area contributed by atoms with Crippen LogP contribution in [-0.2, 0) is 49.4 Å². The summed E-state index contributed by atoms with van der Waals surface area (Å²) in [6, 6.07) is 2.62. The number of ether oxygens (including phenoxy) is 5. The Bertz CT molecular complexity index is 3900. The average Bonchev–Trinajstić information content (AvgIpc) is 1.66. The minimum atomic E-state index is -4.93. The molecule has 1 unspecified atom stereocenters. The molecule has 3 fully saturated rings. The quantitative estimate of drug-likeness (QED) is 0.0129. The molecule has 0 spiro atoms. The predicted octanol–water partition coefficient (Wildman–Crippen LogP) is -0.535. The van der Waals surface area contributed by atoms with E-state index in [1.54, 1.807) is 30.0 Å². The highest BCUT2D eigenvalue weighted by Crippen LogP contribution is 2.42. The van der Waals surface area contributed by atoms with Crippen LogP contribution >= 0.6 is 22.5 Å². The molecule has 2 aromatic heterocycles. The Labute approximate surface area is 618 Å². The summed E-state index contributed by atoms with van der Waals surface area (Å²) in [5, 5.41) is 108. The Hall–Kier alpha value is -9.46. The van der Waals surface area contributed by atoms with Gasteiger partial charge in [-0.25, -0.2) is 19.1 Å². The van der Waals surface area contributed by atoms with E-state index >= 15 is 9.59 Å². The van der Waals surface area contributed by atoms with E-state index in [4.69, 9.17) is 38.0 Å². The topological polar surface area (TPSA) is 532 Å². The maximum absolute atomic E-state index is 15.3. The third-order valence-electron chi connectivity index (χ3n) is 17.6. The van der Waals surface area contributed by atoms with Crippen molar-refractivity contribution in [1.29, 1.82) is 0 Å². The number of amides is 8. The van der Waals surface area contributed by atoms with Crippen LogP contribution in [0.15, 0.2) is 98.2 Å². The van der Waals surface area contributed by atoms with Gasteiger partial charge in [0.2, 0.25) is 40.4 Å². The van der Waals surface area contributed by atoms with Crippen LogP contribution in [0.3, 0.4) is 0 Å². The fraction of sp³-hybridized carbons (Fsp3) is 0.485. The van der Waals surface area contributed by atoms with Gasteiger partial charge in [-0.1, -0.05) is 61.8 Å². The second-order valence-electron chi connectivity index (χ2n) is 25.6. The number of aliphatic hydroxyl groups is 8. The van der Waals surface area contributed by atoms with E-state index in [9.17, 15) is 88.1 Å². The van der Waals surface area contributed by atoms with Gasteiger partial charge in [0.1, 0.15) is 60.2 Å². The maximum Gasteiger partial charge on any atom is 0.514 e. The van der Waals surface area contributed by atoms with Gasteiger partial charge in [-0.2, -0.15) is 5.10 Å². The number of hydrogen-bond donors (Lipinski definition) is 16. The van der Waals surface area contributed by atoms with Gasteiger partial charge in [0, 0.05) is 81.8 Å². The number of imidazole rings is 1. The molecule has 0 bridgehead atoms. The van der Waals surface area contributed by atoms with Crippen LogP contribution in [0.25, 0.3) is 26.8 Å². The SMILES string of the molecule is C=CCOC(=O)Oc1ccc(C[C@@H](O)[C@@H]2NC(=O)[C@@H]3C[C@@H](O)CN3C(=O)[C@H]([C@@H](C)O)NC(=O)C(NC(=O)c3ccc(-c4cn5nc(-c6ccc(OCCCCOC)cc6)sc5n4)cc3)C[C@@H](O)CNC(=O)[C@@H]3[C@@H](O)[C@@H](C)CN3C(=O)[C@H]([C@H](O)CCN(C(=O)OCC=C)C(CO)CO)NC2=O)cc1OS(O)(O)O. The monoisotopic (exact) mass is 1540 g/mol. The molecule has 37 nitrogen and oxygen atoms in total. The van der Waals surface area contributed by atoms with Gasteiger partial charge < -0.3 is 110 Å². The summed E-state index contributed by atoms with van der Waals surface area (Å²) in [6.07, 6.45) is -11.1. The Morgan fingerprint density at radius 1 is 0.766 bits per heavy atom. The normalized spacial score (nSPS) is 23.1. The van der Waals surface area contributed by atoms with Crippen molar-refractivity contribution in [3.63, 3.8) is 0 Å². The number of carbonyl (C=O) groups is 9. The lowest BCUT2D eigenvalue weighted by Gasteiger charge is -2.35. The van der Waals surface area contributed by atoms with Crippen molar-refractivity contribution >= 4 is 81.0 Å². The molecule has 3 aliphatic heterocycles. The summed E-state index contributed by atoms with van der Waals surface area (Å²) in [7, 11) is 1.64. The zero-order valence-electron chi connectivity index (χ0n) is 58.4. The Morgan fingerprint density at radius 3 is 2.07 bits per heavy atom. The van der Waals surface area contributed by atoms with Crippen molar-refractivity contribution < 1.29 is 126 Å². The van der Waals surface area contributed by atoms with E-state index in [-0.39, 0.29) is 24.3 Å². The van der Waals surface area contributed by atoms with Gasteiger partial charge in [0.15, 0.2) is 11.5 Å². The number of nitrogens with one attached hydrogen (secondary N) is 5. The third-order valence-corrected chi connectivity index (χ3v) is 19.0. The number of unbranched alkanes of at least 4 members (excludes halogenated alkanes) is 1. The molecular weight excluding hydrogens is 1450 g/mol. The van der Waals surface area contributed by atoms with E-state index in [0.29, 0.717) is 40.2 Å². The number of fused-ring (bicyclic) bond motifs is 3. The van der Waals surface area contributed by atoms with Crippen LogP contribution in [0.4, 0.5) is 9.59 Å². The van der Waals surface area contributed by atoms with Gasteiger partial charge in [0.05, 0.1) is 74.4 Å². The van der Waals surface area contributed by atoms with E-state index in [0.717, 1.165) is 58.2 Å². The van der Waals surface area contributed by atoms with Gasteiger partial charge in [-0.15, -0.1) is 0 Å². The molecule has 0 saturated carbocycles. The highest BCUT2D eigenvalue weighted by molar-refractivity contribution is 8.15. The van der Waals surface area contributed by atoms with Crippen LogP contribution < -0.4 is 40.2 Å². The summed E-state index contributed by atoms with van der Waals surface area (Å²) < 4.78 is 62.2. The molecular formula is C68H89N11O26S2. The van der Waals surface area contributed by atoms with Gasteiger partial charge in [-0.05, 0) is 80.3 Å². The summed E-state index contributed by atoms with van der Waals surface area (Å²) in [4.78, 5) is 137. The molecule has 0 aliphatic carbocycles. The minimum absolute atomic E-state index is 0.0394. The molecule has 0 radical (unpaired) electrons. The first-order chi connectivity index (χ1) is 50.9. The average molecular weight is 1540 g/mol. The summed E-state index contributed by atoms with van der Waals surface area (Å²) >= 11 is -3.60. The fourth-order valence-electron chi connectivity index (χ4n) is 12.0. The number of carbonyl (C=O) groups excluding carboxylic acids is 9. The number of aliphatic hydroxyl groups excluding tert-OH is 8. The zero-order valence-corrected chi connectivity index (χ0v) is 60.1. The number of β-amino-alcohol motifs (C(OH)–C–C–N with tert-alkyl or cyclic N) is 1. The zero-order chi connectivity index (χ0) is 78.0. The Kier molecular flexibility index (Phi) is 29.8. The molecule has 13 atom stereocenters. The molecule has 584 valence electrons. The molecule has 16 N–H and O–H groups in total. The summed E-state index contributed by atoms with van der Waals surface area (Å²) in [5.74, 6) is -10.4. The highest BCUT2D eigenvalue weighted by atomic mass is 32.3. The molecule has 3 aromatic carbocycles. The van der Waals surface area contributed by atoms with Gasteiger partial charge >= 0.3 is 12.2 Å². The first-order valence-electron chi connectivity index (χ1n) is 33.9. The van der Waals surface area contributed by atoms with Crippen LogP contribution in [0.2, 0.25) is 0 Å². The van der Waals surface area contributed by atoms with Crippen molar-refractivity contribution in [1.82, 2.24) is 55.9 Å². The molecule has 8 amide bonds. The van der Waals surface area contributed by atoms with E-state index < -0.39 is 226 Å². The number of hydrogen-bond acceptors (Lipinski definition) is 29. The number of rotatable bonds is 28. The van der Waals surface area contributed by atoms with Gasteiger partial charge in [-0.3, -0.25) is 47.2 Å². The van der Waals surface area contributed by atoms with Gasteiger partial charge in [0.25, 0.3) is 17.1 Å². The van der Waals surface area contributed by atoms with Crippen LogP contribution in [-0.4, -0.2) is 289 Å². The lowest BCUT2D eigenvalue weighted by Crippen LogP contribution is -2.64. The molecule has 5 heterocycles. The predicted molar refractivity (Wildman–Crippen MR) is 379 cm³/mol. The largest absolute Gasteiger partial charge is 0.514 e. The first kappa shape index (κ1) is 83.2. The third kappa shape index (κ3) is 22.1. The number of aromatic nitrogens is 3. The van der Waals surface area contributed by atoms with Crippen molar-refractivity contribution in [2.45, 2.75) is 131 Å². The number of benzene rings is 3. The maximum atomic E-state index is 15.3. The number of nitrogens with zero attached hydrogens (tertiary/aromatic N) is 6. The first-order valence-corrected chi connectivity index (χ1v) is 36.1. The molecule has 39 heteroatoms. The molecule has 3 saturated heterocycles.